The van der Waals surface area contributed by atoms with E-state index in [1.54, 1.807) is 18.3 Å². The first kappa shape index (κ1) is 12.0. The number of hydrogen-bond donors (Lipinski definition) is 1. The van der Waals surface area contributed by atoms with Crippen molar-refractivity contribution in [1.29, 1.82) is 0 Å². The summed E-state index contributed by atoms with van der Waals surface area (Å²) in [5, 5.41) is 3.25. The highest BCUT2D eigenvalue weighted by Gasteiger charge is 2.05. The molecular formula is C13H12BrFN2. The molecule has 2 nitrogen and oxygen atoms in total. The predicted molar refractivity (Wildman–Crippen MR) is 70.4 cm³/mol. The van der Waals surface area contributed by atoms with Gasteiger partial charge in [0.2, 0.25) is 0 Å². The Morgan fingerprint density at radius 3 is 2.47 bits per heavy atom. The van der Waals surface area contributed by atoms with E-state index in [0.29, 0.717) is 0 Å². The molecule has 1 heterocycles. The van der Waals surface area contributed by atoms with E-state index in [2.05, 4.69) is 26.2 Å². The molecule has 0 amide bonds. The smallest absolute Gasteiger partial charge is 0.126 e. The van der Waals surface area contributed by atoms with Gasteiger partial charge in [-0.05, 0) is 52.7 Å². The predicted octanol–water partition coefficient (Wildman–Crippen LogP) is 4.16. The molecule has 0 aliphatic heterocycles. The standard InChI is InChI=1S/C13H12BrFN2/c1-9(10-2-5-12(15)6-3-10)17-13-7-4-11(14)8-16-13/h2-9H,1H3,(H,16,17). The maximum absolute atomic E-state index is 12.8. The van der Waals surface area contributed by atoms with E-state index < -0.39 is 0 Å². The van der Waals surface area contributed by atoms with E-state index in [4.69, 9.17) is 0 Å². The second-order valence-electron chi connectivity index (χ2n) is 3.78. The fourth-order valence-electron chi connectivity index (χ4n) is 1.52. The summed E-state index contributed by atoms with van der Waals surface area (Å²) in [4.78, 5) is 4.23. The van der Waals surface area contributed by atoms with Crippen LogP contribution in [0.1, 0.15) is 18.5 Å². The van der Waals surface area contributed by atoms with Crippen LogP contribution in [-0.4, -0.2) is 4.98 Å². The number of rotatable bonds is 3. The number of aromatic nitrogens is 1. The van der Waals surface area contributed by atoms with E-state index in [1.807, 2.05) is 19.1 Å². The molecule has 0 saturated heterocycles. The Balaban J connectivity index is 2.08. The van der Waals surface area contributed by atoms with Gasteiger partial charge >= 0.3 is 0 Å². The SMILES string of the molecule is CC(Nc1ccc(Br)cn1)c1ccc(F)cc1. The maximum Gasteiger partial charge on any atom is 0.126 e. The van der Waals surface area contributed by atoms with E-state index >= 15 is 0 Å². The lowest BCUT2D eigenvalue weighted by Crippen LogP contribution is -2.07. The van der Waals surface area contributed by atoms with Crippen molar-refractivity contribution in [3.63, 3.8) is 0 Å². The number of nitrogens with one attached hydrogen (secondary N) is 1. The molecule has 4 heteroatoms. The molecule has 1 unspecified atom stereocenters. The third kappa shape index (κ3) is 3.27. The first-order chi connectivity index (χ1) is 8.15. The van der Waals surface area contributed by atoms with E-state index in [1.165, 1.54) is 12.1 Å². The fraction of sp³-hybridized carbons (Fsp3) is 0.154. The Hall–Kier alpha value is -1.42. The first-order valence-corrected chi connectivity index (χ1v) is 6.08. The number of anilines is 1. The summed E-state index contributed by atoms with van der Waals surface area (Å²) >= 11 is 3.33. The van der Waals surface area contributed by atoms with E-state index in [-0.39, 0.29) is 11.9 Å². The third-order valence-corrected chi connectivity index (χ3v) is 2.93. The lowest BCUT2D eigenvalue weighted by atomic mass is 10.1. The van der Waals surface area contributed by atoms with Gasteiger partial charge in [0, 0.05) is 16.7 Å². The summed E-state index contributed by atoms with van der Waals surface area (Å²) < 4.78 is 13.7. The highest BCUT2D eigenvalue weighted by Crippen LogP contribution is 2.19. The van der Waals surface area contributed by atoms with Crippen LogP contribution in [0.15, 0.2) is 47.1 Å². The lowest BCUT2D eigenvalue weighted by molar-refractivity contribution is 0.626. The fourth-order valence-corrected chi connectivity index (χ4v) is 1.75. The van der Waals surface area contributed by atoms with Gasteiger partial charge in [-0.3, -0.25) is 0 Å². The number of pyridine rings is 1. The van der Waals surface area contributed by atoms with Gasteiger partial charge in [0.1, 0.15) is 11.6 Å². The summed E-state index contributed by atoms with van der Waals surface area (Å²) in [5.74, 6) is 0.577. The van der Waals surface area contributed by atoms with Crippen molar-refractivity contribution in [2.45, 2.75) is 13.0 Å². The normalized spacial score (nSPS) is 12.2. The van der Waals surface area contributed by atoms with Gasteiger partial charge in [-0.15, -0.1) is 0 Å². The molecule has 17 heavy (non-hydrogen) atoms. The number of benzene rings is 1. The van der Waals surface area contributed by atoms with Gasteiger partial charge in [-0.25, -0.2) is 9.37 Å². The molecule has 1 aromatic heterocycles. The van der Waals surface area contributed by atoms with Crippen molar-refractivity contribution in [2.24, 2.45) is 0 Å². The van der Waals surface area contributed by atoms with Crippen molar-refractivity contribution in [2.75, 3.05) is 5.32 Å². The summed E-state index contributed by atoms with van der Waals surface area (Å²) in [7, 11) is 0. The van der Waals surface area contributed by atoms with Crippen molar-refractivity contribution < 1.29 is 4.39 Å². The summed E-state index contributed by atoms with van der Waals surface area (Å²) in [5.41, 5.74) is 1.02. The van der Waals surface area contributed by atoms with E-state index in [0.717, 1.165) is 15.9 Å². The van der Waals surface area contributed by atoms with Crippen molar-refractivity contribution >= 4 is 21.7 Å². The number of nitrogens with zero attached hydrogens (tertiary/aromatic N) is 1. The molecule has 1 N–H and O–H groups in total. The zero-order valence-corrected chi connectivity index (χ0v) is 10.9. The Morgan fingerprint density at radius 2 is 1.88 bits per heavy atom. The van der Waals surface area contributed by atoms with Crippen LogP contribution in [0.5, 0.6) is 0 Å². The highest BCUT2D eigenvalue weighted by atomic mass is 79.9. The minimum absolute atomic E-state index is 0.0873. The molecule has 0 spiro atoms. The molecule has 2 aromatic rings. The number of hydrogen-bond acceptors (Lipinski definition) is 2. The average Bonchev–Trinajstić information content (AvgIpc) is 2.33. The van der Waals surface area contributed by atoms with Crippen LogP contribution >= 0.6 is 15.9 Å². The molecule has 2 rings (SSSR count). The quantitative estimate of drug-likeness (QED) is 0.919. The Labute approximate surface area is 108 Å². The molecule has 0 bridgehead atoms. The van der Waals surface area contributed by atoms with Crippen molar-refractivity contribution in [3.8, 4) is 0 Å². The molecule has 0 saturated carbocycles. The topological polar surface area (TPSA) is 24.9 Å². The molecule has 0 radical (unpaired) electrons. The Bertz CT molecular complexity index is 482. The zero-order valence-electron chi connectivity index (χ0n) is 9.32. The third-order valence-electron chi connectivity index (χ3n) is 2.46. The molecule has 88 valence electrons. The van der Waals surface area contributed by atoms with Crippen LogP contribution in [0, 0.1) is 5.82 Å². The van der Waals surface area contributed by atoms with Crippen molar-refractivity contribution in [3.05, 3.63) is 58.4 Å². The molecular weight excluding hydrogens is 283 g/mol. The van der Waals surface area contributed by atoms with Crippen molar-refractivity contribution in [1.82, 2.24) is 4.98 Å². The molecule has 0 aliphatic rings. The Kier molecular flexibility index (Phi) is 3.74. The first-order valence-electron chi connectivity index (χ1n) is 5.29. The monoisotopic (exact) mass is 294 g/mol. The number of halogens is 2. The van der Waals surface area contributed by atoms with Crippen LogP contribution in [-0.2, 0) is 0 Å². The Morgan fingerprint density at radius 1 is 1.18 bits per heavy atom. The van der Waals surface area contributed by atoms with E-state index in [9.17, 15) is 4.39 Å². The minimum atomic E-state index is -0.220. The summed E-state index contributed by atoms with van der Waals surface area (Å²) in [6, 6.07) is 10.4. The van der Waals surface area contributed by atoms with Gasteiger partial charge in [0.15, 0.2) is 0 Å². The average molecular weight is 295 g/mol. The summed E-state index contributed by atoms with van der Waals surface area (Å²) in [6.07, 6.45) is 1.74. The molecule has 0 aliphatic carbocycles. The van der Waals surface area contributed by atoms with Crippen LogP contribution in [0.4, 0.5) is 10.2 Å². The van der Waals surface area contributed by atoms with Crippen LogP contribution < -0.4 is 5.32 Å². The zero-order chi connectivity index (χ0) is 12.3. The van der Waals surface area contributed by atoms with Crippen LogP contribution in [0.2, 0.25) is 0 Å². The maximum atomic E-state index is 12.8. The van der Waals surface area contributed by atoms with Gasteiger partial charge in [0.05, 0.1) is 0 Å². The van der Waals surface area contributed by atoms with Gasteiger partial charge in [0.25, 0.3) is 0 Å². The van der Waals surface area contributed by atoms with Gasteiger partial charge < -0.3 is 5.32 Å². The van der Waals surface area contributed by atoms with Gasteiger partial charge in [-0.2, -0.15) is 0 Å². The minimum Gasteiger partial charge on any atom is -0.364 e. The summed E-state index contributed by atoms with van der Waals surface area (Å²) in [6.45, 7) is 2.01. The second-order valence-corrected chi connectivity index (χ2v) is 4.69. The highest BCUT2D eigenvalue weighted by molar-refractivity contribution is 9.10. The lowest BCUT2D eigenvalue weighted by Gasteiger charge is -2.14. The van der Waals surface area contributed by atoms with Gasteiger partial charge in [-0.1, -0.05) is 12.1 Å². The molecule has 1 aromatic carbocycles. The largest absolute Gasteiger partial charge is 0.364 e. The second kappa shape index (κ2) is 5.27. The molecule has 1 atom stereocenters. The van der Waals surface area contributed by atoms with Crippen LogP contribution in [0.25, 0.3) is 0 Å². The molecule has 0 fully saturated rings. The van der Waals surface area contributed by atoms with Crippen LogP contribution in [0.3, 0.4) is 0 Å².